The number of aliphatic carboxylic acids is 1. The summed E-state index contributed by atoms with van der Waals surface area (Å²) >= 11 is 0. The number of carbonyl (C=O) groups is 4. The van der Waals surface area contributed by atoms with Gasteiger partial charge in [-0.2, -0.15) is 0 Å². The summed E-state index contributed by atoms with van der Waals surface area (Å²) in [5.41, 5.74) is 7.02. The normalized spacial score (nSPS) is 15.8. The molecule has 0 bridgehead atoms. The predicted octanol–water partition coefficient (Wildman–Crippen LogP) is 0.0672. The van der Waals surface area contributed by atoms with E-state index in [-0.39, 0.29) is 31.9 Å². The molecule has 0 aliphatic carbocycles. The van der Waals surface area contributed by atoms with E-state index in [4.69, 9.17) is 16.2 Å². The van der Waals surface area contributed by atoms with Crippen LogP contribution in [0.2, 0.25) is 0 Å². The van der Waals surface area contributed by atoms with Gasteiger partial charge in [0.05, 0.1) is 6.54 Å². The van der Waals surface area contributed by atoms with Crippen molar-refractivity contribution in [2.45, 2.75) is 12.5 Å². The van der Waals surface area contributed by atoms with Crippen LogP contribution in [0.1, 0.15) is 21.5 Å². The molecule has 3 amide bonds. The Kier molecular flexibility index (Phi) is 7.39. The first-order valence-corrected chi connectivity index (χ1v) is 10.3. The Morgan fingerprint density at radius 3 is 2.27 bits per heavy atom. The third-order valence-corrected chi connectivity index (χ3v) is 5.36. The van der Waals surface area contributed by atoms with Crippen LogP contribution in [0.25, 0.3) is 0 Å². The summed E-state index contributed by atoms with van der Waals surface area (Å²) < 4.78 is 0. The molecule has 3 rings (SSSR count). The fraction of sp³-hybridized carbons (Fsp3) is 0.261. The highest BCUT2D eigenvalue weighted by Crippen LogP contribution is 2.17. The topological polar surface area (TPSA) is 157 Å². The number of hydrogen-bond acceptors (Lipinski definition) is 5. The van der Waals surface area contributed by atoms with E-state index < -0.39 is 36.3 Å². The molecule has 1 saturated heterocycles. The van der Waals surface area contributed by atoms with Gasteiger partial charge in [0.25, 0.3) is 5.91 Å². The number of rotatable bonds is 8. The number of amides is 3. The van der Waals surface area contributed by atoms with Crippen LogP contribution in [0.15, 0.2) is 54.6 Å². The summed E-state index contributed by atoms with van der Waals surface area (Å²) in [5, 5.41) is 19.0. The number of nitrogens with zero attached hydrogens (tertiary/aromatic N) is 2. The van der Waals surface area contributed by atoms with E-state index >= 15 is 0 Å². The molecule has 1 fully saturated rings. The molecule has 0 spiro atoms. The van der Waals surface area contributed by atoms with E-state index in [1.807, 2.05) is 30.3 Å². The molecule has 1 aliphatic heterocycles. The van der Waals surface area contributed by atoms with Crippen molar-refractivity contribution in [3.63, 3.8) is 0 Å². The number of hydrogen-bond donors (Lipinski definition) is 4. The molecule has 0 radical (unpaired) electrons. The summed E-state index contributed by atoms with van der Waals surface area (Å²) in [4.78, 5) is 52.1. The van der Waals surface area contributed by atoms with Gasteiger partial charge in [0, 0.05) is 30.6 Å². The number of benzene rings is 2. The highest BCUT2D eigenvalue weighted by molar-refractivity contribution is 5.99. The van der Waals surface area contributed by atoms with Crippen molar-refractivity contribution in [2.75, 3.05) is 26.2 Å². The number of amidine groups is 1. The fourth-order valence-electron chi connectivity index (χ4n) is 3.65. The third kappa shape index (κ3) is 5.94. The van der Waals surface area contributed by atoms with E-state index in [0.29, 0.717) is 11.1 Å². The summed E-state index contributed by atoms with van der Waals surface area (Å²) in [7, 11) is 0. The van der Waals surface area contributed by atoms with Crippen molar-refractivity contribution in [1.82, 2.24) is 15.1 Å². The quantitative estimate of drug-likeness (QED) is 0.329. The summed E-state index contributed by atoms with van der Waals surface area (Å²) in [5.74, 6) is -2.59. The molecule has 1 heterocycles. The van der Waals surface area contributed by atoms with Crippen LogP contribution in [0, 0.1) is 5.41 Å². The smallest absolute Gasteiger partial charge is 0.323 e. The van der Waals surface area contributed by atoms with Crippen LogP contribution in [0.3, 0.4) is 0 Å². The molecule has 0 unspecified atom stereocenters. The van der Waals surface area contributed by atoms with Gasteiger partial charge >= 0.3 is 5.97 Å². The molecule has 5 N–H and O–H groups in total. The van der Waals surface area contributed by atoms with E-state index in [0.717, 1.165) is 5.56 Å². The first-order chi connectivity index (χ1) is 15.8. The van der Waals surface area contributed by atoms with Gasteiger partial charge in [-0.3, -0.25) is 24.6 Å². The molecule has 2 aromatic carbocycles. The van der Waals surface area contributed by atoms with E-state index in [2.05, 4.69) is 5.32 Å². The van der Waals surface area contributed by atoms with Crippen LogP contribution >= 0.6 is 0 Å². The zero-order chi connectivity index (χ0) is 24.0. The molecule has 2 aromatic rings. The first-order valence-electron chi connectivity index (χ1n) is 10.3. The number of carboxylic acids is 1. The number of carboxylic acid groups (broad SMARTS) is 1. The molecule has 10 heteroatoms. The summed E-state index contributed by atoms with van der Waals surface area (Å²) in [6.45, 7) is -0.481. The minimum absolute atomic E-state index is 0.0998. The van der Waals surface area contributed by atoms with E-state index in [1.54, 1.807) is 0 Å². The standard InChI is InChI=1S/C23H25N5O5/c24-21(25)16-6-8-17(9-7-16)22(32)26-13-19(29)28-11-10-27(14-20(30)31)23(33)18(28)12-15-4-2-1-3-5-15/h1-9,18H,10-14H2,(H3,24,25)(H,26,32)(H,30,31)/t18-/m0/s1. The zero-order valence-electron chi connectivity index (χ0n) is 17.9. The van der Waals surface area contributed by atoms with Gasteiger partial charge in [-0.05, 0) is 17.7 Å². The molecule has 0 aromatic heterocycles. The van der Waals surface area contributed by atoms with Crippen LogP contribution in [-0.2, 0) is 20.8 Å². The molecule has 172 valence electrons. The first kappa shape index (κ1) is 23.5. The van der Waals surface area contributed by atoms with E-state index in [9.17, 15) is 19.2 Å². The lowest BCUT2D eigenvalue weighted by Gasteiger charge is -2.40. The molecular weight excluding hydrogens is 426 g/mol. The maximum Gasteiger partial charge on any atom is 0.323 e. The van der Waals surface area contributed by atoms with Gasteiger partial charge in [0.15, 0.2) is 0 Å². The molecule has 33 heavy (non-hydrogen) atoms. The van der Waals surface area contributed by atoms with Crippen LogP contribution < -0.4 is 11.1 Å². The van der Waals surface area contributed by atoms with Crippen LogP contribution in [-0.4, -0.2) is 76.7 Å². The van der Waals surface area contributed by atoms with Crippen molar-refractivity contribution in [1.29, 1.82) is 5.41 Å². The monoisotopic (exact) mass is 451 g/mol. The number of piperazine rings is 1. The average molecular weight is 451 g/mol. The molecular formula is C23H25N5O5. The predicted molar refractivity (Wildman–Crippen MR) is 120 cm³/mol. The largest absolute Gasteiger partial charge is 0.480 e. The Hall–Kier alpha value is -4.21. The molecule has 1 atom stereocenters. The van der Waals surface area contributed by atoms with Crippen molar-refractivity contribution in [3.8, 4) is 0 Å². The Bertz CT molecular complexity index is 1050. The average Bonchev–Trinajstić information content (AvgIpc) is 2.80. The van der Waals surface area contributed by atoms with Gasteiger partial charge in [-0.15, -0.1) is 0 Å². The Morgan fingerprint density at radius 1 is 1.03 bits per heavy atom. The van der Waals surface area contributed by atoms with E-state index in [1.165, 1.54) is 34.1 Å². The lowest BCUT2D eigenvalue weighted by molar-refractivity contribution is -0.154. The Labute approximate surface area is 190 Å². The van der Waals surface area contributed by atoms with Crippen molar-refractivity contribution < 1.29 is 24.3 Å². The second-order valence-corrected chi connectivity index (χ2v) is 7.62. The van der Waals surface area contributed by atoms with Crippen LogP contribution in [0.5, 0.6) is 0 Å². The lowest BCUT2D eigenvalue weighted by atomic mass is 10.0. The number of nitrogen functional groups attached to an aromatic ring is 1. The molecule has 10 nitrogen and oxygen atoms in total. The summed E-state index contributed by atoms with van der Waals surface area (Å²) in [6, 6.07) is 14.4. The van der Waals surface area contributed by atoms with Gasteiger partial charge in [-0.1, -0.05) is 42.5 Å². The van der Waals surface area contributed by atoms with Gasteiger partial charge in [0.2, 0.25) is 11.8 Å². The van der Waals surface area contributed by atoms with Gasteiger partial charge in [0.1, 0.15) is 18.4 Å². The minimum Gasteiger partial charge on any atom is -0.480 e. The number of nitrogens with one attached hydrogen (secondary N) is 2. The minimum atomic E-state index is -1.12. The lowest BCUT2D eigenvalue weighted by Crippen LogP contribution is -2.61. The van der Waals surface area contributed by atoms with Crippen molar-refractivity contribution >= 4 is 29.5 Å². The SMILES string of the molecule is N=C(N)c1ccc(C(=O)NCC(=O)N2CCN(CC(=O)O)C(=O)[C@@H]2Cc2ccccc2)cc1. The van der Waals surface area contributed by atoms with Crippen LogP contribution in [0.4, 0.5) is 0 Å². The van der Waals surface area contributed by atoms with Gasteiger partial charge < -0.3 is 26.0 Å². The fourth-order valence-corrected chi connectivity index (χ4v) is 3.65. The van der Waals surface area contributed by atoms with Crippen molar-refractivity contribution in [2.24, 2.45) is 5.73 Å². The highest BCUT2D eigenvalue weighted by atomic mass is 16.4. The Balaban J connectivity index is 1.69. The molecule has 0 saturated carbocycles. The summed E-state index contributed by atoms with van der Waals surface area (Å²) in [6.07, 6.45) is 0.238. The number of carbonyl (C=O) groups excluding carboxylic acids is 3. The van der Waals surface area contributed by atoms with Crippen molar-refractivity contribution in [3.05, 3.63) is 71.3 Å². The van der Waals surface area contributed by atoms with Gasteiger partial charge in [-0.25, -0.2) is 0 Å². The second-order valence-electron chi connectivity index (χ2n) is 7.62. The second kappa shape index (κ2) is 10.4. The number of nitrogens with two attached hydrogens (primary N) is 1. The zero-order valence-corrected chi connectivity index (χ0v) is 17.9. The highest BCUT2D eigenvalue weighted by Gasteiger charge is 2.38. The molecule has 1 aliphatic rings. The maximum atomic E-state index is 13.0. The Morgan fingerprint density at radius 2 is 1.67 bits per heavy atom. The maximum absolute atomic E-state index is 13.0. The third-order valence-electron chi connectivity index (χ3n) is 5.36.